The van der Waals surface area contributed by atoms with Gasteiger partial charge in [-0.05, 0) is 43.5 Å². The molecule has 3 nitrogen and oxygen atoms in total. The lowest BCUT2D eigenvalue weighted by atomic mass is 9.81. The zero-order valence-corrected chi connectivity index (χ0v) is 13.7. The lowest BCUT2D eigenvalue weighted by molar-refractivity contribution is -0.131. The first-order valence-electron chi connectivity index (χ1n) is 7.88. The molecule has 0 bridgehead atoms. The van der Waals surface area contributed by atoms with Crippen LogP contribution in [0.15, 0.2) is 24.3 Å². The van der Waals surface area contributed by atoms with Crippen LogP contribution in [0.25, 0.3) is 0 Å². The van der Waals surface area contributed by atoms with E-state index in [0.29, 0.717) is 0 Å². The van der Waals surface area contributed by atoms with Crippen LogP contribution in [0.2, 0.25) is 5.02 Å². The molecule has 0 saturated carbocycles. The highest BCUT2D eigenvalue weighted by atomic mass is 35.5. The van der Waals surface area contributed by atoms with Gasteiger partial charge in [0.25, 0.3) is 0 Å². The summed E-state index contributed by atoms with van der Waals surface area (Å²) in [7, 11) is 0. The first-order valence-corrected chi connectivity index (χ1v) is 8.26. The van der Waals surface area contributed by atoms with Crippen LogP contribution in [-0.4, -0.2) is 19.0 Å². The number of amides is 1. The van der Waals surface area contributed by atoms with E-state index in [9.17, 15) is 4.79 Å². The Hall–Kier alpha value is -1.06. The molecular formula is C17H25ClN2O. The fourth-order valence-corrected chi connectivity index (χ4v) is 3.30. The number of carbonyl (C=O) groups excluding carboxylic acids is 1. The SMILES string of the molecule is CCCC1(C(=O)NC(CC)c2ccc(Cl)cc2)CCNC1. The predicted molar refractivity (Wildman–Crippen MR) is 87.5 cm³/mol. The number of nitrogens with one attached hydrogen (secondary N) is 2. The van der Waals surface area contributed by atoms with Gasteiger partial charge >= 0.3 is 0 Å². The molecule has 1 amide bonds. The minimum absolute atomic E-state index is 0.0593. The molecular weight excluding hydrogens is 284 g/mol. The number of hydrogen-bond acceptors (Lipinski definition) is 2. The molecule has 2 N–H and O–H groups in total. The van der Waals surface area contributed by atoms with E-state index < -0.39 is 0 Å². The molecule has 4 heteroatoms. The van der Waals surface area contributed by atoms with Crippen molar-refractivity contribution >= 4 is 17.5 Å². The number of rotatable bonds is 6. The van der Waals surface area contributed by atoms with Crippen LogP contribution in [0.4, 0.5) is 0 Å². The zero-order valence-electron chi connectivity index (χ0n) is 12.9. The van der Waals surface area contributed by atoms with Crippen LogP contribution < -0.4 is 10.6 Å². The Bertz CT molecular complexity index is 466. The number of hydrogen-bond donors (Lipinski definition) is 2. The van der Waals surface area contributed by atoms with E-state index in [2.05, 4.69) is 24.5 Å². The average molecular weight is 309 g/mol. The monoisotopic (exact) mass is 308 g/mol. The fourth-order valence-electron chi connectivity index (χ4n) is 3.17. The molecule has 1 aromatic rings. The van der Waals surface area contributed by atoms with Crippen LogP contribution >= 0.6 is 11.6 Å². The lowest BCUT2D eigenvalue weighted by Crippen LogP contribution is -2.43. The van der Waals surface area contributed by atoms with E-state index in [4.69, 9.17) is 11.6 Å². The maximum absolute atomic E-state index is 12.8. The molecule has 0 aliphatic carbocycles. The third-order valence-corrected chi connectivity index (χ3v) is 4.69. The maximum atomic E-state index is 12.8. The van der Waals surface area contributed by atoms with Crippen molar-refractivity contribution in [1.82, 2.24) is 10.6 Å². The molecule has 0 radical (unpaired) electrons. The second-order valence-electron chi connectivity index (χ2n) is 5.94. The van der Waals surface area contributed by atoms with Crippen LogP contribution in [0.3, 0.4) is 0 Å². The molecule has 21 heavy (non-hydrogen) atoms. The maximum Gasteiger partial charge on any atom is 0.228 e. The Morgan fingerprint density at radius 3 is 2.62 bits per heavy atom. The van der Waals surface area contributed by atoms with E-state index in [1.807, 2.05) is 24.3 Å². The van der Waals surface area contributed by atoms with Crippen molar-refractivity contribution < 1.29 is 4.79 Å². The molecule has 0 spiro atoms. The Morgan fingerprint density at radius 1 is 1.38 bits per heavy atom. The fraction of sp³-hybridized carbons (Fsp3) is 0.588. The van der Waals surface area contributed by atoms with Gasteiger partial charge in [0.15, 0.2) is 0 Å². The zero-order chi connectivity index (χ0) is 15.3. The van der Waals surface area contributed by atoms with Gasteiger partial charge in [-0.3, -0.25) is 4.79 Å². The standard InChI is InChI=1S/C17H25ClN2O/c1-3-9-17(10-11-19-12-17)16(21)20-15(4-2)13-5-7-14(18)8-6-13/h5-8,15,19H,3-4,9-12H2,1-2H3,(H,20,21). The van der Waals surface area contributed by atoms with Crippen molar-refractivity contribution in [2.24, 2.45) is 5.41 Å². The van der Waals surface area contributed by atoms with Crippen LogP contribution in [-0.2, 0) is 4.79 Å². The van der Waals surface area contributed by atoms with Crippen molar-refractivity contribution in [2.75, 3.05) is 13.1 Å². The topological polar surface area (TPSA) is 41.1 Å². The van der Waals surface area contributed by atoms with Crippen LogP contribution in [0, 0.1) is 5.41 Å². The molecule has 1 aliphatic rings. The second-order valence-corrected chi connectivity index (χ2v) is 6.38. The summed E-state index contributed by atoms with van der Waals surface area (Å²) in [6.07, 6.45) is 3.79. The van der Waals surface area contributed by atoms with Gasteiger partial charge in [0, 0.05) is 11.6 Å². The number of halogens is 1. The molecule has 1 heterocycles. The number of benzene rings is 1. The Kier molecular flexibility index (Phi) is 5.65. The molecule has 2 rings (SSSR count). The third kappa shape index (κ3) is 3.78. The van der Waals surface area contributed by atoms with Crippen molar-refractivity contribution in [1.29, 1.82) is 0 Å². The summed E-state index contributed by atoms with van der Waals surface area (Å²) in [5.41, 5.74) is 0.891. The highest BCUT2D eigenvalue weighted by molar-refractivity contribution is 6.30. The van der Waals surface area contributed by atoms with Crippen molar-refractivity contribution in [3.8, 4) is 0 Å². The molecule has 116 valence electrons. The van der Waals surface area contributed by atoms with Gasteiger partial charge in [0.05, 0.1) is 11.5 Å². The van der Waals surface area contributed by atoms with E-state index in [1.165, 1.54) is 0 Å². The van der Waals surface area contributed by atoms with E-state index >= 15 is 0 Å². The average Bonchev–Trinajstić information content (AvgIpc) is 2.96. The van der Waals surface area contributed by atoms with E-state index in [1.54, 1.807) is 0 Å². The first kappa shape index (κ1) is 16.3. The summed E-state index contributed by atoms with van der Waals surface area (Å²) in [5.74, 6) is 0.191. The minimum atomic E-state index is -0.228. The molecule has 2 unspecified atom stereocenters. The Balaban J connectivity index is 2.10. The second kappa shape index (κ2) is 7.28. The summed E-state index contributed by atoms with van der Waals surface area (Å²) < 4.78 is 0. The van der Waals surface area contributed by atoms with E-state index in [0.717, 1.165) is 49.4 Å². The summed E-state index contributed by atoms with van der Waals surface area (Å²) in [6, 6.07) is 7.81. The van der Waals surface area contributed by atoms with Gasteiger partial charge in [0.1, 0.15) is 0 Å². The highest BCUT2D eigenvalue weighted by Gasteiger charge is 2.40. The van der Waals surface area contributed by atoms with Gasteiger partial charge in [-0.15, -0.1) is 0 Å². The molecule has 2 atom stereocenters. The van der Waals surface area contributed by atoms with Crippen molar-refractivity contribution in [3.63, 3.8) is 0 Å². The summed E-state index contributed by atoms with van der Waals surface area (Å²) in [6.45, 7) is 5.97. The lowest BCUT2D eigenvalue weighted by Gasteiger charge is -2.29. The molecule has 1 fully saturated rings. The molecule has 1 aromatic carbocycles. The smallest absolute Gasteiger partial charge is 0.228 e. The molecule has 1 aliphatic heterocycles. The first-order chi connectivity index (χ1) is 10.1. The molecule has 1 saturated heterocycles. The summed E-state index contributed by atoms with van der Waals surface area (Å²) in [4.78, 5) is 12.8. The Labute approximate surface area is 132 Å². The Morgan fingerprint density at radius 2 is 2.10 bits per heavy atom. The predicted octanol–water partition coefficient (Wildman–Crippen LogP) is 3.69. The normalized spacial score (nSPS) is 23.0. The van der Waals surface area contributed by atoms with Gasteiger partial charge in [-0.1, -0.05) is 44.0 Å². The largest absolute Gasteiger partial charge is 0.349 e. The number of carbonyl (C=O) groups is 1. The summed E-state index contributed by atoms with van der Waals surface area (Å²) in [5, 5.41) is 7.31. The minimum Gasteiger partial charge on any atom is -0.349 e. The van der Waals surface area contributed by atoms with Gasteiger partial charge < -0.3 is 10.6 Å². The van der Waals surface area contributed by atoms with Gasteiger partial charge in [0.2, 0.25) is 5.91 Å². The van der Waals surface area contributed by atoms with E-state index in [-0.39, 0.29) is 17.4 Å². The van der Waals surface area contributed by atoms with Crippen molar-refractivity contribution in [3.05, 3.63) is 34.9 Å². The van der Waals surface area contributed by atoms with Crippen LogP contribution in [0.5, 0.6) is 0 Å². The van der Waals surface area contributed by atoms with Gasteiger partial charge in [-0.25, -0.2) is 0 Å². The molecule has 0 aromatic heterocycles. The quantitative estimate of drug-likeness (QED) is 0.841. The van der Waals surface area contributed by atoms with Crippen molar-refractivity contribution in [2.45, 2.75) is 45.6 Å². The van der Waals surface area contributed by atoms with Crippen LogP contribution in [0.1, 0.15) is 51.1 Å². The van der Waals surface area contributed by atoms with Gasteiger partial charge in [-0.2, -0.15) is 0 Å². The summed E-state index contributed by atoms with van der Waals surface area (Å²) >= 11 is 5.94. The third-order valence-electron chi connectivity index (χ3n) is 4.44. The highest BCUT2D eigenvalue weighted by Crippen LogP contribution is 2.32.